The fourth-order valence-corrected chi connectivity index (χ4v) is 2.56. The molecule has 16 heavy (non-hydrogen) atoms. The molecule has 0 aromatic carbocycles. The number of aliphatic hydroxyl groups is 1. The number of carbonyl (C=O) groups excluding carboxylic acids is 1. The van der Waals surface area contributed by atoms with Gasteiger partial charge >= 0.3 is 0 Å². The van der Waals surface area contributed by atoms with Gasteiger partial charge in [-0.1, -0.05) is 15.9 Å². The van der Waals surface area contributed by atoms with E-state index in [1.807, 2.05) is 11.8 Å². The summed E-state index contributed by atoms with van der Waals surface area (Å²) in [6, 6.07) is 0. The van der Waals surface area contributed by atoms with E-state index in [0.29, 0.717) is 12.3 Å². The van der Waals surface area contributed by atoms with Crippen molar-refractivity contribution in [1.29, 1.82) is 0 Å². The number of hydrogen-bond donors (Lipinski definition) is 1. The molecule has 0 spiro atoms. The Morgan fingerprint density at radius 2 is 2.06 bits per heavy atom. The van der Waals surface area contributed by atoms with Crippen LogP contribution in [0, 0.1) is 5.92 Å². The van der Waals surface area contributed by atoms with E-state index in [4.69, 9.17) is 0 Å². The highest BCUT2D eigenvalue weighted by molar-refractivity contribution is 9.09. The van der Waals surface area contributed by atoms with Crippen LogP contribution in [0.2, 0.25) is 0 Å². The zero-order valence-corrected chi connectivity index (χ0v) is 11.6. The lowest BCUT2D eigenvalue weighted by Crippen LogP contribution is -2.40. The van der Waals surface area contributed by atoms with Gasteiger partial charge in [0.25, 0.3) is 0 Å². The van der Waals surface area contributed by atoms with Crippen molar-refractivity contribution < 1.29 is 9.90 Å². The highest BCUT2D eigenvalue weighted by Gasteiger charge is 2.24. The summed E-state index contributed by atoms with van der Waals surface area (Å²) in [5.74, 6) is 0.664. The maximum Gasteiger partial charge on any atom is 0.222 e. The molecule has 1 atom stereocenters. The van der Waals surface area contributed by atoms with Gasteiger partial charge in [0.15, 0.2) is 0 Å². The van der Waals surface area contributed by atoms with Crippen molar-refractivity contribution in [2.24, 2.45) is 5.92 Å². The molecule has 1 saturated heterocycles. The third-order valence-electron chi connectivity index (χ3n) is 3.35. The predicted molar refractivity (Wildman–Crippen MR) is 68.6 cm³/mol. The highest BCUT2D eigenvalue weighted by atomic mass is 79.9. The Bertz CT molecular complexity index is 213. The molecule has 1 aliphatic heterocycles. The largest absolute Gasteiger partial charge is 0.393 e. The van der Waals surface area contributed by atoms with Crippen LogP contribution in [-0.4, -0.2) is 40.4 Å². The summed E-state index contributed by atoms with van der Waals surface area (Å²) in [7, 11) is 0. The first-order valence-electron chi connectivity index (χ1n) is 6.17. The summed E-state index contributed by atoms with van der Waals surface area (Å²) in [6.45, 7) is 3.49. The number of likely N-dealkylation sites (tertiary alicyclic amines) is 1. The van der Waals surface area contributed by atoms with E-state index in [-0.39, 0.29) is 12.0 Å². The standard InChI is InChI=1S/C12H22BrNO2/c1-10(15)11-5-8-14(9-6-11)12(16)4-2-3-7-13/h10-11,15H,2-9H2,1H3. The average molecular weight is 292 g/mol. The third kappa shape index (κ3) is 4.42. The average Bonchev–Trinajstić information content (AvgIpc) is 2.29. The van der Waals surface area contributed by atoms with E-state index >= 15 is 0 Å². The molecular weight excluding hydrogens is 270 g/mol. The van der Waals surface area contributed by atoms with Crippen LogP contribution >= 0.6 is 15.9 Å². The van der Waals surface area contributed by atoms with Crippen LogP contribution in [0.5, 0.6) is 0 Å². The fourth-order valence-electron chi connectivity index (χ4n) is 2.16. The van der Waals surface area contributed by atoms with Crippen LogP contribution in [-0.2, 0) is 4.79 Å². The van der Waals surface area contributed by atoms with E-state index in [9.17, 15) is 9.90 Å². The Balaban J connectivity index is 2.22. The molecular formula is C12H22BrNO2. The van der Waals surface area contributed by atoms with Gasteiger partial charge in [0.2, 0.25) is 5.91 Å². The Hall–Kier alpha value is -0.0900. The van der Waals surface area contributed by atoms with Crippen molar-refractivity contribution in [3.05, 3.63) is 0 Å². The monoisotopic (exact) mass is 291 g/mol. The summed E-state index contributed by atoms with van der Waals surface area (Å²) >= 11 is 3.37. The lowest BCUT2D eigenvalue weighted by atomic mass is 9.92. The first-order chi connectivity index (χ1) is 7.65. The Labute approximate surface area is 106 Å². The van der Waals surface area contributed by atoms with Crippen LogP contribution in [0.1, 0.15) is 39.0 Å². The number of hydrogen-bond acceptors (Lipinski definition) is 2. The second-order valence-electron chi connectivity index (χ2n) is 4.60. The molecule has 1 fully saturated rings. The maximum absolute atomic E-state index is 11.8. The Morgan fingerprint density at radius 1 is 1.44 bits per heavy atom. The fraction of sp³-hybridized carbons (Fsp3) is 0.917. The zero-order chi connectivity index (χ0) is 12.0. The maximum atomic E-state index is 11.8. The molecule has 1 rings (SSSR count). The zero-order valence-electron chi connectivity index (χ0n) is 9.99. The summed E-state index contributed by atoms with van der Waals surface area (Å²) in [6.07, 6.45) is 4.37. The van der Waals surface area contributed by atoms with Gasteiger partial charge in [-0.25, -0.2) is 0 Å². The molecule has 0 bridgehead atoms. The molecule has 0 aromatic rings. The lowest BCUT2D eigenvalue weighted by molar-refractivity contribution is -0.133. The number of alkyl halides is 1. The van der Waals surface area contributed by atoms with Crippen molar-refractivity contribution in [2.45, 2.75) is 45.1 Å². The van der Waals surface area contributed by atoms with Crippen molar-refractivity contribution in [3.8, 4) is 0 Å². The van der Waals surface area contributed by atoms with Gasteiger partial charge in [-0.3, -0.25) is 4.79 Å². The van der Waals surface area contributed by atoms with Crippen molar-refractivity contribution in [3.63, 3.8) is 0 Å². The number of halogens is 1. The number of nitrogens with zero attached hydrogens (tertiary/aromatic N) is 1. The van der Waals surface area contributed by atoms with Crippen molar-refractivity contribution in [1.82, 2.24) is 4.90 Å². The molecule has 1 heterocycles. The molecule has 1 N–H and O–H groups in total. The summed E-state index contributed by atoms with van der Waals surface area (Å²) in [5, 5.41) is 10.4. The molecule has 3 nitrogen and oxygen atoms in total. The number of piperidine rings is 1. The van der Waals surface area contributed by atoms with Gasteiger partial charge in [-0.05, 0) is 38.5 Å². The molecule has 0 aliphatic carbocycles. The third-order valence-corrected chi connectivity index (χ3v) is 3.91. The molecule has 1 amide bonds. The number of unbranched alkanes of at least 4 members (excludes halogenated alkanes) is 1. The van der Waals surface area contributed by atoms with E-state index in [1.54, 1.807) is 0 Å². The number of carbonyl (C=O) groups is 1. The summed E-state index contributed by atoms with van der Waals surface area (Å²) in [4.78, 5) is 13.7. The summed E-state index contributed by atoms with van der Waals surface area (Å²) in [5.41, 5.74) is 0. The summed E-state index contributed by atoms with van der Waals surface area (Å²) < 4.78 is 0. The number of aliphatic hydroxyl groups excluding tert-OH is 1. The molecule has 4 heteroatoms. The van der Waals surface area contributed by atoms with Crippen LogP contribution in [0.3, 0.4) is 0 Å². The van der Waals surface area contributed by atoms with Crippen LogP contribution in [0.4, 0.5) is 0 Å². The molecule has 1 unspecified atom stereocenters. The topological polar surface area (TPSA) is 40.5 Å². The van der Waals surface area contributed by atoms with E-state index < -0.39 is 0 Å². The van der Waals surface area contributed by atoms with Gasteiger partial charge in [0.1, 0.15) is 0 Å². The molecule has 0 radical (unpaired) electrons. The van der Waals surface area contributed by atoms with Gasteiger partial charge < -0.3 is 10.0 Å². The van der Waals surface area contributed by atoms with Crippen LogP contribution in [0.25, 0.3) is 0 Å². The van der Waals surface area contributed by atoms with Crippen LogP contribution < -0.4 is 0 Å². The van der Waals surface area contributed by atoms with Gasteiger partial charge in [-0.15, -0.1) is 0 Å². The first-order valence-corrected chi connectivity index (χ1v) is 7.29. The second kappa shape index (κ2) is 7.28. The predicted octanol–water partition coefficient (Wildman–Crippen LogP) is 2.17. The Kier molecular flexibility index (Phi) is 6.36. The molecule has 94 valence electrons. The van der Waals surface area contributed by atoms with Gasteiger partial charge in [-0.2, -0.15) is 0 Å². The van der Waals surface area contributed by atoms with E-state index in [1.165, 1.54) is 0 Å². The van der Waals surface area contributed by atoms with Gasteiger partial charge in [0, 0.05) is 24.8 Å². The van der Waals surface area contributed by atoms with Gasteiger partial charge in [0.05, 0.1) is 6.10 Å². The SMILES string of the molecule is CC(O)C1CCN(C(=O)CCCCBr)CC1. The highest BCUT2D eigenvalue weighted by Crippen LogP contribution is 2.21. The quantitative estimate of drug-likeness (QED) is 0.623. The normalized spacial score (nSPS) is 19.8. The first kappa shape index (κ1) is 14.0. The minimum Gasteiger partial charge on any atom is -0.393 e. The Morgan fingerprint density at radius 3 is 2.56 bits per heavy atom. The molecule has 1 aliphatic rings. The van der Waals surface area contributed by atoms with E-state index in [0.717, 1.165) is 44.1 Å². The molecule has 0 aromatic heterocycles. The van der Waals surface area contributed by atoms with Crippen LogP contribution in [0.15, 0.2) is 0 Å². The second-order valence-corrected chi connectivity index (χ2v) is 5.40. The number of amides is 1. The smallest absolute Gasteiger partial charge is 0.222 e. The van der Waals surface area contributed by atoms with Crippen molar-refractivity contribution >= 4 is 21.8 Å². The lowest BCUT2D eigenvalue weighted by Gasteiger charge is -2.33. The minimum absolute atomic E-state index is 0.231. The minimum atomic E-state index is -0.231. The molecule has 0 saturated carbocycles. The number of rotatable bonds is 5. The van der Waals surface area contributed by atoms with Crippen molar-refractivity contribution in [2.75, 3.05) is 18.4 Å². The van der Waals surface area contributed by atoms with E-state index in [2.05, 4.69) is 15.9 Å².